The molecule has 0 bridgehead atoms. The van der Waals surface area contributed by atoms with E-state index in [1.54, 1.807) is 6.92 Å². The molecule has 5 unspecified atom stereocenters. The van der Waals surface area contributed by atoms with Gasteiger partial charge in [-0.3, -0.25) is 0 Å². The molecule has 1 aliphatic rings. The van der Waals surface area contributed by atoms with E-state index < -0.39 is 40.7 Å². The van der Waals surface area contributed by atoms with Crippen LogP contribution in [0.2, 0.25) is 0 Å². The average Bonchev–Trinajstić information content (AvgIpc) is 2.48. The van der Waals surface area contributed by atoms with Crippen LogP contribution in [-0.4, -0.2) is 44.8 Å². The highest BCUT2D eigenvalue weighted by Crippen LogP contribution is 2.49. The van der Waals surface area contributed by atoms with Crippen LogP contribution in [0.4, 0.5) is 0 Å². The van der Waals surface area contributed by atoms with Gasteiger partial charge in [-0.05, 0) is 29.6 Å². The Morgan fingerprint density at radius 1 is 0.773 bits per heavy atom. The van der Waals surface area contributed by atoms with Crippen LogP contribution in [0, 0.1) is 22.2 Å². The van der Waals surface area contributed by atoms with Gasteiger partial charge in [0.15, 0.2) is 0 Å². The fourth-order valence-electron chi connectivity index (χ4n) is 3.67. The minimum Gasteiger partial charge on any atom is -0.390 e. The van der Waals surface area contributed by atoms with E-state index in [2.05, 4.69) is 0 Å². The summed E-state index contributed by atoms with van der Waals surface area (Å²) < 4.78 is 0. The second-order valence-electron chi connectivity index (χ2n) is 8.93. The normalized spacial score (nSPS) is 43.8. The highest BCUT2D eigenvalue weighted by molar-refractivity contribution is 5.04. The SMILES string of the molecule is CCC(C)C1(C)C(O)C(O)C(C)(C)CCC(C)(C)C(O)C1O. The molecule has 0 radical (unpaired) electrons. The van der Waals surface area contributed by atoms with Crippen molar-refractivity contribution in [2.45, 2.75) is 92.1 Å². The van der Waals surface area contributed by atoms with E-state index in [4.69, 9.17) is 0 Å². The molecular weight excluding hydrogens is 280 g/mol. The van der Waals surface area contributed by atoms with Gasteiger partial charge in [-0.25, -0.2) is 0 Å². The summed E-state index contributed by atoms with van der Waals surface area (Å²) in [6.07, 6.45) is -1.95. The Hall–Kier alpha value is -0.160. The summed E-state index contributed by atoms with van der Waals surface area (Å²) in [4.78, 5) is 0. The van der Waals surface area contributed by atoms with E-state index in [-0.39, 0.29) is 5.92 Å². The van der Waals surface area contributed by atoms with Gasteiger partial charge in [-0.2, -0.15) is 0 Å². The summed E-state index contributed by atoms with van der Waals surface area (Å²) in [6.45, 7) is 13.5. The van der Waals surface area contributed by atoms with Crippen LogP contribution in [-0.2, 0) is 0 Å². The minimum absolute atomic E-state index is 0.0356. The van der Waals surface area contributed by atoms with Crippen LogP contribution >= 0.6 is 0 Å². The first-order valence-electron chi connectivity index (χ1n) is 8.54. The molecule has 1 aliphatic carbocycles. The van der Waals surface area contributed by atoms with E-state index in [0.29, 0.717) is 12.8 Å². The molecular formula is C18H36O4. The van der Waals surface area contributed by atoms with Crippen molar-refractivity contribution in [2.75, 3.05) is 0 Å². The van der Waals surface area contributed by atoms with Gasteiger partial charge in [0.05, 0.1) is 24.4 Å². The molecule has 22 heavy (non-hydrogen) atoms. The summed E-state index contributed by atoms with van der Waals surface area (Å²) >= 11 is 0. The molecule has 0 aromatic rings. The molecule has 0 heterocycles. The van der Waals surface area contributed by atoms with Gasteiger partial charge in [0.25, 0.3) is 0 Å². The summed E-state index contributed by atoms with van der Waals surface area (Å²) in [5, 5.41) is 43.3. The number of rotatable bonds is 2. The van der Waals surface area contributed by atoms with Crippen molar-refractivity contribution >= 4 is 0 Å². The molecule has 0 aromatic heterocycles. The first-order valence-corrected chi connectivity index (χ1v) is 8.54. The van der Waals surface area contributed by atoms with Crippen molar-refractivity contribution in [1.29, 1.82) is 0 Å². The van der Waals surface area contributed by atoms with Crippen molar-refractivity contribution in [1.82, 2.24) is 0 Å². The fraction of sp³-hybridized carbons (Fsp3) is 1.00. The standard InChI is InChI=1S/C18H36O4/c1-8-11(2)18(7)14(21)12(19)16(3,4)9-10-17(5,6)13(20)15(18)22/h11-15,19-22H,8-10H2,1-7H3. The summed E-state index contributed by atoms with van der Waals surface area (Å²) in [6, 6.07) is 0. The van der Waals surface area contributed by atoms with E-state index in [1.165, 1.54) is 0 Å². The van der Waals surface area contributed by atoms with Crippen LogP contribution in [0.3, 0.4) is 0 Å². The Kier molecular flexibility index (Phi) is 5.77. The zero-order valence-corrected chi connectivity index (χ0v) is 15.3. The monoisotopic (exact) mass is 316 g/mol. The molecule has 5 atom stereocenters. The Labute approximate surface area is 135 Å². The molecule has 0 aromatic carbocycles. The van der Waals surface area contributed by atoms with Crippen LogP contribution in [0.5, 0.6) is 0 Å². The van der Waals surface area contributed by atoms with Crippen molar-refractivity contribution in [3.05, 3.63) is 0 Å². The Morgan fingerprint density at radius 3 is 1.36 bits per heavy atom. The molecule has 132 valence electrons. The maximum atomic E-state index is 10.9. The highest BCUT2D eigenvalue weighted by Gasteiger charge is 2.55. The Balaban J connectivity index is 3.44. The zero-order chi connectivity index (χ0) is 17.5. The lowest BCUT2D eigenvalue weighted by molar-refractivity contribution is -0.189. The minimum atomic E-state index is -1.09. The molecule has 0 spiro atoms. The fourth-order valence-corrected chi connectivity index (χ4v) is 3.67. The van der Waals surface area contributed by atoms with Gasteiger partial charge in [-0.1, -0.05) is 54.9 Å². The largest absolute Gasteiger partial charge is 0.390 e. The van der Waals surface area contributed by atoms with E-state index in [9.17, 15) is 20.4 Å². The van der Waals surface area contributed by atoms with Crippen molar-refractivity contribution in [2.24, 2.45) is 22.2 Å². The molecule has 4 heteroatoms. The van der Waals surface area contributed by atoms with Gasteiger partial charge in [0.1, 0.15) is 0 Å². The quantitative estimate of drug-likeness (QED) is 0.630. The van der Waals surface area contributed by atoms with Gasteiger partial charge < -0.3 is 20.4 Å². The second kappa shape index (κ2) is 6.39. The predicted molar refractivity (Wildman–Crippen MR) is 88.4 cm³/mol. The molecule has 0 amide bonds. The lowest BCUT2D eigenvalue weighted by Crippen LogP contribution is -2.59. The summed E-state index contributed by atoms with van der Waals surface area (Å²) in [5.74, 6) is -0.0356. The molecule has 0 aliphatic heterocycles. The Bertz CT molecular complexity index is 349. The Morgan fingerprint density at radius 2 is 1.09 bits per heavy atom. The van der Waals surface area contributed by atoms with Crippen LogP contribution in [0.1, 0.15) is 67.7 Å². The average molecular weight is 316 g/mol. The molecule has 1 rings (SSSR count). The maximum Gasteiger partial charge on any atom is 0.0886 e. The number of hydrogen-bond acceptors (Lipinski definition) is 4. The first kappa shape index (κ1) is 19.9. The topological polar surface area (TPSA) is 80.9 Å². The van der Waals surface area contributed by atoms with Gasteiger partial charge >= 0.3 is 0 Å². The van der Waals surface area contributed by atoms with E-state index >= 15 is 0 Å². The molecule has 4 N–H and O–H groups in total. The number of hydrogen-bond donors (Lipinski definition) is 4. The predicted octanol–water partition coefficient (Wildman–Crippen LogP) is 2.33. The third-order valence-electron chi connectivity index (χ3n) is 6.56. The van der Waals surface area contributed by atoms with Crippen molar-refractivity contribution in [3.8, 4) is 0 Å². The smallest absolute Gasteiger partial charge is 0.0886 e. The third-order valence-corrected chi connectivity index (χ3v) is 6.56. The number of aliphatic hydroxyl groups excluding tert-OH is 4. The lowest BCUT2D eigenvalue weighted by Gasteiger charge is -2.49. The lowest BCUT2D eigenvalue weighted by atomic mass is 9.62. The highest BCUT2D eigenvalue weighted by atomic mass is 16.3. The van der Waals surface area contributed by atoms with Crippen LogP contribution in [0.25, 0.3) is 0 Å². The summed E-state index contributed by atoms with van der Waals surface area (Å²) in [5.41, 5.74) is -1.92. The van der Waals surface area contributed by atoms with Gasteiger partial charge in [-0.15, -0.1) is 0 Å². The van der Waals surface area contributed by atoms with Gasteiger partial charge in [0, 0.05) is 5.41 Å². The van der Waals surface area contributed by atoms with Crippen LogP contribution < -0.4 is 0 Å². The van der Waals surface area contributed by atoms with Crippen LogP contribution in [0.15, 0.2) is 0 Å². The van der Waals surface area contributed by atoms with E-state index in [1.807, 2.05) is 41.5 Å². The maximum absolute atomic E-state index is 10.9. The third kappa shape index (κ3) is 3.21. The molecule has 4 nitrogen and oxygen atoms in total. The zero-order valence-electron chi connectivity index (χ0n) is 15.3. The number of aliphatic hydroxyl groups is 4. The van der Waals surface area contributed by atoms with Crippen molar-refractivity contribution in [3.63, 3.8) is 0 Å². The second-order valence-corrected chi connectivity index (χ2v) is 8.93. The summed E-state index contributed by atoms with van der Waals surface area (Å²) in [7, 11) is 0. The molecule has 1 saturated carbocycles. The van der Waals surface area contributed by atoms with E-state index in [0.717, 1.165) is 6.42 Å². The van der Waals surface area contributed by atoms with Crippen molar-refractivity contribution < 1.29 is 20.4 Å². The molecule has 0 saturated heterocycles. The molecule has 1 fully saturated rings. The first-order chi connectivity index (χ1) is 9.82. The van der Waals surface area contributed by atoms with Gasteiger partial charge in [0.2, 0.25) is 0 Å².